The van der Waals surface area contributed by atoms with Gasteiger partial charge in [-0.25, -0.2) is 0 Å². The average molecular weight is 237 g/mol. The molecule has 1 heterocycles. The van der Waals surface area contributed by atoms with Gasteiger partial charge in [-0.1, -0.05) is 6.07 Å². The van der Waals surface area contributed by atoms with Crippen LogP contribution in [0, 0.1) is 0 Å². The number of nitrogens with zero attached hydrogens (tertiary/aromatic N) is 1. The number of nitrogens with two attached hydrogens (primary N) is 1. The molecular formula is C12H19N3O2. The summed E-state index contributed by atoms with van der Waals surface area (Å²) in [6.07, 6.45) is 3.47. The molecule has 0 saturated carbocycles. The molecule has 94 valence electrons. The number of aromatic nitrogens is 1. The third kappa shape index (κ3) is 4.93. The fraction of sp³-hybridized carbons (Fsp3) is 0.500. The second-order valence-electron chi connectivity index (χ2n) is 3.71. The Kier molecular flexibility index (Phi) is 6.21. The molecule has 0 spiro atoms. The van der Waals surface area contributed by atoms with Crippen LogP contribution in [-0.4, -0.2) is 31.2 Å². The molecule has 0 aliphatic heterocycles. The molecule has 1 amide bonds. The van der Waals surface area contributed by atoms with Crippen LogP contribution < -0.4 is 11.1 Å². The molecule has 0 fully saturated rings. The van der Waals surface area contributed by atoms with Gasteiger partial charge in [-0.15, -0.1) is 0 Å². The van der Waals surface area contributed by atoms with E-state index in [9.17, 15) is 4.79 Å². The zero-order valence-electron chi connectivity index (χ0n) is 10.1. The predicted octanol–water partition coefficient (Wildman–Crippen LogP) is 0.697. The van der Waals surface area contributed by atoms with Crippen molar-refractivity contribution in [3.8, 4) is 0 Å². The quantitative estimate of drug-likeness (QED) is 0.684. The Labute approximate surface area is 101 Å². The van der Waals surface area contributed by atoms with Crippen molar-refractivity contribution in [3.05, 3.63) is 29.6 Å². The summed E-state index contributed by atoms with van der Waals surface area (Å²) in [4.78, 5) is 15.7. The molecule has 5 heteroatoms. The van der Waals surface area contributed by atoms with Crippen LogP contribution in [0.2, 0.25) is 0 Å². The van der Waals surface area contributed by atoms with Crippen molar-refractivity contribution in [3.63, 3.8) is 0 Å². The number of carbonyl (C=O) groups is 1. The molecule has 0 atom stereocenters. The van der Waals surface area contributed by atoms with Crippen molar-refractivity contribution in [1.82, 2.24) is 10.3 Å². The minimum absolute atomic E-state index is 0.147. The molecular weight excluding hydrogens is 218 g/mol. The maximum absolute atomic E-state index is 11.6. The SMILES string of the molecule is COCCCCNC(=O)c1ccc(CN)cn1. The summed E-state index contributed by atoms with van der Waals surface area (Å²) >= 11 is 0. The van der Waals surface area contributed by atoms with E-state index in [1.54, 1.807) is 19.4 Å². The number of unbranched alkanes of at least 4 members (excludes halogenated alkanes) is 1. The second-order valence-corrected chi connectivity index (χ2v) is 3.71. The summed E-state index contributed by atoms with van der Waals surface area (Å²) in [5.74, 6) is -0.147. The van der Waals surface area contributed by atoms with Crippen molar-refractivity contribution < 1.29 is 9.53 Å². The number of nitrogens with one attached hydrogen (secondary N) is 1. The van der Waals surface area contributed by atoms with Crippen LogP contribution in [0.3, 0.4) is 0 Å². The number of carbonyl (C=O) groups excluding carboxylic acids is 1. The number of ether oxygens (including phenoxy) is 1. The first-order chi connectivity index (χ1) is 8.27. The molecule has 3 N–H and O–H groups in total. The standard InChI is InChI=1S/C12H19N3O2/c1-17-7-3-2-6-14-12(16)11-5-4-10(8-13)9-15-11/h4-5,9H,2-3,6-8,13H2,1H3,(H,14,16). The lowest BCUT2D eigenvalue weighted by molar-refractivity contribution is 0.0946. The number of hydrogen-bond donors (Lipinski definition) is 2. The Morgan fingerprint density at radius 2 is 2.29 bits per heavy atom. The van der Waals surface area contributed by atoms with Crippen molar-refractivity contribution in [1.29, 1.82) is 0 Å². The highest BCUT2D eigenvalue weighted by Crippen LogP contribution is 1.99. The largest absolute Gasteiger partial charge is 0.385 e. The summed E-state index contributed by atoms with van der Waals surface area (Å²) in [6, 6.07) is 3.50. The predicted molar refractivity (Wildman–Crippen MR) is 65.6 cm³/mol. The van der Waals surface area contributed by atoms with E-state index >= 15 is 0 Å². The first-order valence-electron chi connectivity index (χ1n) is 5.70. The van der Waals surface area contributed by atoms with Gasteiger partial charge >= 0.3 is 0 Å². The Bertz CT molecular complexity index is 338. The Hall–Kier alpha value is -1.46. The first kappa shape index (κ1) is 13.6. The molecule has 0 bridgehead atoms. The van der Waals surface area contributed by atoms with E-state index in [1.165, 1.54) is 0 Å². The van der Waals surface area contributed by atoms with Gasteiger partial charge in [0.2, 0.25) is 0 Å². The highest BCUT2D eigenvalue weighted by Gasteiger charge is 2.05. The Balaban J connectivity index is 2.31. The van der Waals surface area contributed by atoms with Crippen LogP contribution in [0.1, 0.15) is 28.9 Å². The smallest absolute Gasteiger partial charge is 0.269 e. The van der Waals surface area contributed by atoms with Crippen LogP contribution in [0.5, 0.6) is 0 Å². The molecule has 1 aromatic heterocycles. The average Bonchev–Trinajstić information content (AvgIpc) is 2.38. The fourth-order valence-electron chi connectivity index (χ4n) is 1.34. The molecule has 0 aromatic carbocycles. The van der Waals surface area contributed by atoms with E-state index in [4.69, 9.17) is 10.5 Å². The highest BCUT2D eigenvalue weighted by molar-refractivity contribution is 5.92. The molecule has 1 aromatic rings. The van der Waals surface area contributed by atoms with E-state index in [0.29, 0.717) is 18.8 Å². The minimum atomic E-state index is -0.147. The minimum Gasteiger partial charge on any atom is -0.385 e. The van der Waals surface area contributed by atoms with Gasteiger partial charge in [-0.3, -0.25) is 9.78 Å². The summed E-state index contributed by atoms with van der Waals surface area (Å²) in [5, 5.41) is 2.81. The van der Waals surface area contributed by atoms with Crippen molar-refractivity contribution in [2.45, 2.75) is 19.4 Å². The van der Waals surface area contributed by atoms with Gasteiger partial charge in [0.25, 0.3) is 5.91 Å². The van der Waals surface area contributed by atoms with Gasteiger partial charge in [0.1, 0.15) is 5.69 Å². The number of hydrogen-bond acceptors (Lipinski definition) is 4. The molecule has 0 unspecified atom stereocenters. The maximum Gasteiger partial charge on any atom is 0.269 e. The third-order valence-corrected chi connectivity index (χ3v) is 2.35. The van der Waals surface area contributed by atoms with Crippen LogP contribution in [-0.2, 0) is 11.3 Å². The van der Waals surface area contributed by atoms with Crippen LogP contribution >= 0.6 is 0 Å². The van der Waals surface area contributed by atoms with E-state index < -0.39 is 0 Å². The van der Waals surface area contributed by atoms with Gasteiger partial charge in [0.05, 0.1) is 0 Å². The molecule has 0 aliphatic rings. The summed E-state index contributed by atoms with van der Waals surface area (Å²) in [5.41, 5.74) is 6.79. The zero-order valence-corrected chi connectivity index (χ0v) is 10.1. The van der Waals surface area contributed by atoms with E-state index in [-0.39, 0.29) is 5.91 Å². The molecule has 0 radical (unpaired) electrons. The monoisotopic (exact) mass is 237 g/mol. The lowest BCUT2D eigenvalue weighted by Crippen LogP contribution is -2.25. The van der Waals surface area contributed by atoms with E-state index in [1.807, 2.05) is 6.07 Å². The fourth-order valence-corrected chi connectivity index (χ4v) is 1.34. The Morgan fingerprint density at radius 3 is 2.88 bits per heavy atom. The van der Waals surface area contributed by atoms with Gasteiger partial charge < -0.3 is 15.8 Å². The summed E-state index contributed by atoms with van der Waals surface area (Å²) < 4.78 is 4.92. The van der Waals surface area contributed by atoms with Crippen LogP contribution in [0.15, 0.2) is 18.3 Å². The van der Waals surface area contributed by atoms with Crippen molar-refractivity contribution in [2.75, 3.05) is 20.3 Å². The highest BCUT2D eigenvalue weighted by atomic mass is 16.5. The topological polar surface area (TPSA) is 77.2 Å². The second kappa shape index (κ2) is 7.76. The number of amides is 1. The first-order valence-corrected chi connectivity index (χ1v) is 5.70. The number of rotatable bonds is 7. The summed E-state index contributed by atoms with van der Waals surface area (Å²) in [6.45, 7) is 1.80. The van der Waals surface area contributed by atoms with Crippen molar-refractivity contribution >= 4 is 5.91 Å². The maximum atomic E-state index is 11.6. The number of methoxy groups -OCH3 is 1. The molecule has 0 saturated heterocycles. The summed E-state index contributed by atoms with van der Waals surface area (Å²) in [7, 11) is 1.67. The number of pyridine rings is 1. The molecule has 1 rings (SSSR count). The molecule has 0 aliphatic carbocycles. The lowest BCUT2D eigenvalue weighted by atomic mass is 10.2. The lowest BCUT2D eigenvalue weighted by Gasteiger charge is -2.04. The third-order valence-electron chi connectivity index (χ3n) is 2.35. The molecule has 5 nitrogen and oxygen atoms in total. The Morgan fingerprint density at radius 1 is 1.47 bits per heavy atom. The molecule has 17 heavy (non-hydrogen) atoms. The van der Waals surface area contributed by atoms with Gasteiger partial charge in [0, 0.05) is 33.0 Å². The van der Waals surface area contributed by atoms with Gasteiger partial charge in [-0.2, -0.15) is 0 Å². The van der Waals surface area contributed by atoms with E-state index in [0.717, 1.165) is 25.0 Å². The van der Waals surface area contributed by atoms with Gasteiger partial charge in [0.15, 0.2) is 0 Å². The van der Waals surface area contributed by atoms with E-state index in [2.05, 4.69) is 10.3 Å². The van der Waals surface area contributed by atoms with Gasteiger partial charge in [-0.05, 0) is 24.5 Å². The van der Waals surface area contributed by atoms with Crippen molar-refractivity contribution in [2.24, 2.45) is 5.73 Å². The van der Waals surface area contributed by atoms with Crippen LogP contribution in [0.25, 0.3) is 0 Å². The zero-order chi connectivity index (χ0) is 12.5. The van der Waals surface area contributed by atoms with Crippen LogP contribution in [0.4, 0.5) is 0 Å². The normalized spacial score (nSPS) is 10.2.